The molecule has 0 aromatic rings. The molecule has 1 aliphatic carbocycles. The molecule has 2 heterocycles. The number of sulfonamides is 1. The number of rotatable bonds is 4. The molecule has 1 saturated carbocycles. The van der Waals surface area contributed by atoms with E-state index in [-0.39, 0.29) is 5.25 Å². The molecule has 2 fully saturated rings. The minimum Gasteiger partial charge on any atom is -0.336 e. The van der Waals surface area contributed by atoms with Crippen LogP contribution in [0, 0.1) is 5.92 Å². The number of allylic oxidation sites excluding steroid dienone is 1. The van der Waals surface area contributed by atoms with Gasteiger partial charge >= 0.3 is 0 Å². The zero-order valence-electron chi connectivity index (χ0n) is 9.67. The van der Waals surface area contributed by atoms with Crippen LogP contribution in [0.1, 0.15) is 19.3 Å². The van der Waals surface area contributed by atoms with Crippen molar-refractivity contribution in [2.45, 2.75) is 24.5 Å². The van der Waals surface area contributed by atoms with Gasteiger partial charge in [-0.25, -0.2) is 13.1 Å². The lowest BCUT2D eigenvalue weighted by Crippen LogP contribution is -2.33. The maximum absolute atomic E-state index is 11.7. The Kier molecular flexibility index (Phi) is 2.71. The fourth-order valence-electron chi connectivity index (χ4n) is 2.37. The minimum atomic E-state index is -3.03. The lowest BCUT2D eigenvalue weighted by atomic mass is 10.1. The van der Waals surface area contributed by atoms with E-state index >= 15 is 0 Å². The van der Waals surface area contributed by atoms with E-state index in [2.05, 4.69) is 20.7 Å². The normalized spacial score (nSPS) is 28.1. The minimum absolute atomic E-state index is 0.118. The van der Waals surface area contributed by atoms with Gasteiger partial charge in [0.2, 0.25) is 10.0 Å². The van der Waals surface area contributed by atoms with Crippen molar-refractivity contribution in [2.24, 2.45) is 10.9 Å². The summed E-state index contributed by atoms with van der Waals surface area (Å²) in [6.07, 6.45) is 6.59. The van der Waals surface area contributed by atoms with Crippen LogP contribution in [0.15, 0.2) is 16.8 Å². The van der Waals surface area contributed by atoms with Gasteiger partial charge in [-0.15, -0.1) is 0 Å². The van der Waals surface area contributed by atoms with Crippen LogP contribution >= 0.6 is 0 Å². The molecule has 0 spiro atoms. The summed E-state index contributed by atoms with van der Waals surface area (Å²) < 4.78 is 26.1. The maximum atomic E-state index is 11.7. The number of fused-ring (bicyclic) bond motifs is 1. The quantitative estimate of drug-likeness (QED) is 0.787. The van der Waals surface area contributed by atoms with E-state index in [0.29, 0.717) is 12.5 Å². The summed E-state index contributed by atoms with van der Waals surface area (Å²) in [4.78, 5) is 6.31. The van der Waals surface area contributed by atoms with E-state index in [1.807, 2.05) is 6.34 Å². The number of hydrogen-bond donors (Lipinski definition) is 1. The molecule has 0 radical (unpaired) electrons. The van der Waals surface area contributed by atoms with Crippen LogP contribution in [0.4, 0.5) is 0 Å². The Bertz CT molecular complexity index is 465. The van der Waals surface area contributed by atoms with Crippen LogP contribution in [-0.4, -0.2) is 44.5 Å². The summed E-state index contributed by atoms with van der Waals surface area (Å²) in [7, 11) is -3.03. The van der Waals surface area contributed by atoms with E-state index in [4.69, 9.17) is 0 Å². The Morgan fingerprint density at radius 2 is 2.29 bits per heavy atom. The van der Waals surface area contributed by atoms with E-state index in [9.17, 15) is 8.42 Å². The number of nitrogens with one attached hydrogen (secondary N) is 1. The van der Waals surface area contributed by atoms with Crippen LogP contribution < -0.4 is 4.72 Å². The van der Waals surface area contributed by atoms with Crippen molar-refractivity contribution in [3.8, 4) is 0 Å². The Morgan fingerprint density at radius 3 is 3.00 bits per heavy atom. The molecular formula is C11H17N3O2S. The lowest BCUT2D eigenvalue weighted by molar-refractivity contribution is 0.493. The first kappa shape index (κ1) is 11.2. The molecule has 6 heteroatoms. The second-order valence-electron chi connectivity index (χ2n) is 4.99. The molecule has 3 rings (SSSR count). The van der Waals surface area contributed by atoms with Gasteiger partial charge in [0.15, 0.2) is 0 Å². The van der Waals surface area contributed by atoms with Gasteiger partial charge in [0.1, 0.15) is 0 Å². The third-order valence-electron chi connectivity index (χ3n) is 3.51. The van der Waals surface area contributed by atoms with Crippen molar-refractivity contribution in [1.82, 2.24) is 9.62 Å². The Hall–Kier alpha value is -0.880. The largest absolute Gasteiger partial charge is 0.336 e. The summed E-state index contributed by atoms with van der Waals surface area (Å²) in [5.74, 6) is 0.374. The molecule has 1 N–H and O–H groups in total. The standard InChI is InChI=1S/C11H17N3O2S/c15-17(16,11-1-2-11)13-6-9-5-10-3-4-12-8-14(10)7-9/h3,8-9,11,13H,1-2,4-7H2/t9-/m1/s1. The third-order valence-corrected chi connectivity index (χ3v) is 5.43. The molecule has 0 unspecified atom stereocenters. The van der Waals surface area contributed by atoms with Crippen molar-refractivity contribution in [1.29, 1.82) is 0 Å². The molecule has 17 heavy (non-hydrogen) atoms. The summed E-state index contributed by atoms with van der Waals surface area (Å²) in [6, 6.07) is 0. The average Bonchev–Trinajstić information content (AvgIpc) is 3.07. The van der Waals surface area contributed by atoms with Gasteiger partial charge in [-0.1, -0.05) is 0 Å². The molecule has 3 aliphatic rings. The van der Waals surface area contributed by atoms with Gasteiger partial charge in [-0.05, 0) is 31.3 Å². The Morgan fingerprint density at radius 1 is 1.47 bits per heavy atom. The summed E-state index contributed by atoms with van der Waals surface area (Å²) in [5.41, 5.74) is 1.29. The second-order valence-corrected chi connectivity index (χ2v) is 7.04. The number of nitrogens with zero attached hydrogens (tertiary/aromatic N) is 2. The molecule has 0 bridgehead atoms. The predicted octanol–water partition coefficient (Wildman–Crippen LogP) is 0.316. The molecule has 2 aliphatic heterocycles. The molecule has 0 amide bonds. The van der Waals surface area contributed by atoms with Gasteiger partial charge in [0.25, 0.3) is 0 Å². The molecule has 1 saturated heterocycles. The fraction of sp³-hybridized carbons (Fsp3) is 0.727. The van der Waals surface area contributed by atoms with Gasteiger partial charge in [-0.2, -0.15) is 0 Å². The van der Waals surface area contributed by atoms with E-state index in [0.717, 1.165) is 32.4 Å². The zero-order valence-corrected chi connectivity index (χ0v) is 10.5. The highest BCUT2D eigenvalue weighted by Crippen LogP contribution is 2.29. The van der Waals surface area contributed by atoms with Gasteiger partial charge < -0.3 is 4.90 Å². The van der Waals surface area contributed by atoms with Crippen LogP contribution in [0.3, 0.4) is 0 Å². The van der Waals surface area contributed by atoms with Crippen LogP contribution in [-0.2, 0) is 10.0 Å². The first-order valence-electron chi connectivity index (χ1n) is 6.09. The maximum Gasteiger partial charge on any atom is 0.214 e. The predicted molar refractivity (Wildman–Crippen MR) is 66.2 cm³/mol. The fourth-order valence-corrected chi connectivity index (χ4v) is 3.83. The first-order valence-corrected chi connectivity index (χ1v) is 7.64. The number of hydrogen-bond acceptors (Lipinski definition) is 4. The lowest BCUT2D eigenvalue weighted by Gasteiger charge is -2.16. The van der Waals surface area contributed by atoms with Crippen LogP contribution in [0.5, 0.6) is 0 Å². The highest BCUT2D eigenvalue weighted by molar-refractivity contribution is 7.90. The second kappa shape index (κ2) is 4.10. The third kappa shape index (κ3) is 2.37. The van der Waals surface area contributed by atoms with Crippen molar-refractivity contribution < 1.29 is 8.42 Å². The SMILES string of the molecule is O=S(=O)(NC[C@H]1CC2=CCN=CN2C1)C1CC1. The van der Waals surface area contributed by atoms with Gasteiger partial charge in [0, 0.05) is 18.8 Å². The number of aliphatic imine (C=N–C) groups is 1. The topological polar surface area (TPSA) is 61.8 Å². The van der Waals surface area contributed by atoms with Gasteiger partial charge in [0.05, 0.1) is 18.1 Å². The highest BCUT2D eigenvalue weighted by Gasteiger charge is 2.36. The smallest absolute Gasteiger partial charge is 0.214 e. The van der Waals surface area contributed by atoms with E-state index in [1.54, 1.807) is 0 Å². The van der Waals surface area contributed by atoms with E-state index < -0.39 is 10.0 Å². The molecule has 1 atom stereocenters. The molecule has 0 aromatic heterocycles. The van der Waals surface area contributed by atoms with Crippen molar-refractivity contribution in [3.05, 3.63) is 11.8 Å². The molecular weight excluding hydrogens is 238 g/mol. The monoisotopic (exact) mass is 255 g/mol. The zero-order chi connectivity index (χ0) is 11.9. The highest BCUT2D eigenvalue weighted by atomic mass is 32.2. The first-order chi connectivity index (χ1) is 8.15. The van der Waals surface area contributed by atoms with Crippen LogP contribution in [0.25, 0.3) is 0 Å². The molecule has 0 aromatic carbocycles. The summed E-state index contributed by atoms with van der Waals surface area (Å²) in [5, 5.41) is -0.118. The molecule has 5 nitrogen and oxygen atoms in total. The van der Waals surface area contributed by atoms with Gasteiger partial charge in [-0.3, -0.25) is 4.99 Å². The van der Waals surface area contributed by atoms with Crippen molar-refractivity contribution >= 4 is 16.4 Å². The summed E-state index contributed by atoms with van der Waals surface area (Å²) in [6.45, 7) is 2.19. The van der Waals surface area contributed by atoms with Crippen LogP contribution in [0.2, 0.25) is 0 Å². The van der Waals surface area contributed by atoms with Crippen molar-refractivity contribution in [3.63, 3.8) is 0 Å². The Labute approximate surface area is 102 Å². The molecule has 94 valence electrons. The summed E-state index contributed by atoms with van der Waals surface area (Å²) >= 11 is 0. The average molecular weight is 255 g/mol. The van der Waals surface area contributed by atoms with E-state index in [1.165, 1.54) is 5.70 Å². The Balaban J connectivity index is 1.55. The van der Waals surface area contributed by atoms with Crippen molar-refractivity contribution in [2.75, 3.05) is 19.6 Å².